The summed E-state index contributed by atoms with van der Waals surface area (Å²) in [5.41, 5.74) is -0.109. The van der Waals surface area contributed by atoms with Crippen molar-refractivity contribution in [2.75, 3.05) is 7.11 Å². The number of thiophene rings is 1. The first kappa shape index (κ1) is 19.9. The molecule has 0 saturated carbocycles. The van der Waals surface area contributed by atoms with Crippen molar-refractivity contribution in [3.63, 3.8) is 0 Å². The second-order valence-electron chi connectivity index (χ2n) is 5.82. The van der Waals surface area contributed by atoms with Crippen molar-refractivity contribution in [1.29, 1.82) is 0 Å². The number of hydrogen-bond donors (Lipinski definition) is 0. The fourth-order valence-corrected chi connectivity index (χ4v) is 3.58. The zero-order valence-corrected chi connectivity index (χ0v) is 15.6. The van der Waals surface area contributed by atoms with Gasteiger partial charge >= 0.3 is 12.1 Å². The lowest BCUT2D eigenvalue weighted by Crippen LogP contribution is -2.13. The maximum Gasteiger partial charge on any atom is 0.425 e. The molecule has 0 radical (unpaired) electrons. The lowest BCUT2D eigenvalue weighted by molar-refractivity contribution is -0.134. The van der Waals surface area contributed by atoms with Crippen molar-refractivity contribution in [3.8, 4) is 11.5 Å². The Bertz CT molecular complexity index is 1100. The first-order valence-corrected chi connectivity index (χ1v) is 8.70. The van der Waals surface area contributed by atoms with Crippen molar-refractivity contribution in [2.45, 2.75) is 20.0 Å². The SMILES string of the molecule is COc1ccc2c(c1F)c(OC(C)=O)c(C)n2C(=O)c1csc(C(F)(F)F)c1. The summed E-state index contributed by atoms with van der Waals surface area (Å²) in [5, 5.41) is 0.897. The van der Waals surface area contributed by atoms with Gasteiger partial charge in [-0.3, -0.25) is 14.2 Å². The molecule has 0 spiro atoms. The molecule has 148 valence electrons. The Balaban J connectivity index is 2.25. The smallest absolute Gasteiger partial charge is 0.425 e. The molecule has 0 bridgehead atoms. The van der Waals surface area contributed by atoms with Gasteiger partial charge in [0.2, 0.25) is 0 Å². The summed E-state index contributed by atoms with van der Waals surface area (Å²) in [6.45, 7) is 2.51. The minimum Gasteiger partial charge on any atom is -0.494 e. The number of carbonyl (C=O) groups is 2. The minimum absolute atomic E-state index is 0.0387. The Morgan fingerprint density at radius 3 is 2.43 bits per heavy atom. The van der Waals surface area contributed by atoms with Gasteiger partial charge in [0.05, 0.1) is 29.3 Å². The molecule has 0 aliphatic rings. The third-order valence-electron chi connectivity index (χ3n) is 4.01. The number of ether oxygens (including phenoxy) is 2. The van der Waals surface area contributed by atoms with E-state index in [4.69, 9.17) is 9.47 Å². The van der Waals surface area contributed by atoms with Crippen LogP contribution in [0, 0.1) is 12.7 Å². The van der Waals surface area contributed by atoms with Crippen LogP contribution in [0.25, 0.3) is 10.9 Å². The van der Waals surface area contributed by atoms with Gasteiger partial charge in [-0.25, -0.2) is 4.39 Å². The molecule has 1 aromatic carbocycles. The number of alkyl halides is 3. The third-order valence-corrected chi connectivity index (χ3v) is 4.99. The average Bonchev–Trinajstić information content (AvgIpc) is 3.19. The Hall–Kier alpha value is -2.88. The molecule has 2 aromatic heterocycles. The number of carbonyl (C=O) groups excluding carboxylic acids is 2. The Kier molecular flexibility index (Phi) is 4.92. The lowest BCUT2D eigenvalue weighted by Gasteiger charge is -2.06. The second kappa shape index (κ2) is 6.93. The van der Waals surface area contributed by atoms with Crippen LogP contribution in [-0.2, 0) is 11.0 Å². The Morgan fingerprint density at radius 2 is 1.89 bits per heavy atom. The van der Waals surface area contributed by atoms with Crippen LogP contribution in [0.5, 0.6) is 11.5 Å². The van der Waals surface area contributed by atoms with E-state index in [1.807, 2.05) is 0 Å². The molecular formula is C18H13F4NO4S. The fraction of sp³-hybridized carbons (Fsp3) is 0.222. The maximum atomic E-state index is 14.8. The van der Waals surface area contributed by atoms with Crippen LogP contribution in [-0.4, -0.2) is 23.6 Å². The summed E-state index contributed by atoms with van der Waals surface area (Å²) in [4.78, 5) is 23.4. The number of aromatic nitrogens is 1. The molecule has 3 rings (SSSR count). The Labute approximate surface area is 160 Å². The van der Waals surface area contributed by atoms with Gasteiger partial charge in [-0.2, -0.15) is 13.2 Å². The van der Waals surface area contributed by atoms with E-state index in [1.165, 1.54) is 26.2 Å². The predicted octanol–water partition coefficient (Wildman–Crippen LogP) is 4.79. The first-order chi connectivity index (χ1) is 13.1. The molecule has 0 unspecified atom stereocenters. The van der Waals surface area contributed by atoms with Crippen LogP contribution < -0.4 is 9.47 Å². The van der Waals surface area contributed by atoms with Crippen molar-refractivity contribution in [3.05, 3.63) is 45.5 Å². The second-order valence-corrected chi connectivity index (χ2v) is 6.73. The van der Waals surface area contributed by atoms with Crippen molar-refractivity contribution >= 4 is 34.1 Å². The van der Waals surface area contributed by atoms with Crippen molar-refractivity contribution < 1.29 is 36.6 Å². The van der Waals surface area contributed by atoms with E-state index in [-0.39, 0.29) is 33.7 Å². The van der Waals surface area contributed by atoms with E-state index in [2.05, 4.69) is 0 Å². The van der Waals surface area contributed by atoms with Crippen LogP contribution in [0.2, 0.25) is 0 Å². The highest BCUT2D eigenvalue weighted by molar-refractivity contribution is 7.10. The van der Waals surface area contributed by atoms with Gasteiger partial charge in [0, 0.05) is 12.3 Å². The van der Waals surface area contributed by atoms with E-state index in [0.29, 0.717) is 11.3 Å². The van der Waals surface area contributed by atoms with E-state index < -0.39 is 28.7 Å². The molecule has 2 heterocycles. The summed E-state index contributed by atoms with van der Waals surface area (Å²) >= 11 is 0.379. The molecule has 0 atom stereocenters. The van der Waals surface area contributed by atoms with E-state index in [9.17, 15) is 27.2 Å². The van der Waals surface area contributed by atoms with Gasteiger partial charge in [-0.15, -0.1) is 11.3 Å². The zero-order valence-electron chi connectivity index (χ0n) is 14.8. The molecule has 10 heteroatoms. The van der Waals surface area contributed by atoms with Crippen LogP contribution in [0.4, 0.5) is 17.6 Å². The third kappa shape index (κ3) is 3.24. The van der Waals surface area contributed by atoms with E-state index >= 15 is 0 Å². The topological polar surface area (TPSA) is 57.5 Å². The number of halogens is 4. The summed E-state index contributed by atoms with van der Waals surface area (Å²) in [6, 6.07) is 3.36. The molecule has 0 amide bonds. The molecule has 0 saturated heterocycles. The van der Waals surface area contributed by atoms with Gasteiger partial charge in [-0.1, -0.05) is 0 Å². The number of benzene rings is 1. The van der Waals surface area contributed by atoms with Crippen LogP contribution in [0.1, 0.15) is 27.9 Å². The van der Waals surface area contributed by atoms with Gasteiger partial charge in [0.25, 0.3) is 5.91 Å². The van der Waals surface area contributed by atoms with Gasteiger partial charge in [0.15, 0.2) is 17.3 Å². The molecular weight excluding hydrogens is 402 g/mol. The summed E-state index contributed by atoms with van der Waals surface area (Å²) in [5.74, 6) is -2.74. The molecule has 3 aromatic rings. The summed E-state index contributed by atoms with van der Waals surface area (Å²) in [6.07, 6.45) is -4.58. The number of esters is 1. The van der Waals surface area contributed by atoms with Gasteiger partial charge in [0.1, 0.15) is 4.88 Å². The monoisotopic (exact) mass is 415 g/mol. The standard InChI is InChI=1S/C18H13F4NO4S/c1-8-16(27-9(2)24)14-11(4-5-12(26-3)15(14)19)23(8)17(25)10-6-13(28-7-10)18(20,21)22/h4-7H,1-3H3. The number of fused-ring (bicyclic) bond motifs is 1. The predicted molar refractivity (Wildman–Crippen MR) is 93.5 cm³/mol. The lowest BCUT2D eigenvalue weighted by atomic mass is 10.2. The van der Waals surface area contributed by atoms with Gasteiger partial charge < -0.3 is 9.47 Å². The molecule has 0 aliphatic carbocycles. The van der Waals surface area contributed by atoms with Crippen molar-refractivity contribution in [1.82, 2.24) is 4.57 Å². The highest BCUT2D eigenvalue weighted by atomic mass is 32.1. The minimum atomic E-state index is -4.58. The Morgan fingerprint density at radius 1 is 1.21 bits per heavy atom. The number of rotatable bonds is 3. The molecule has 5 nitrogen and oxygen atoms in total. The first-order valence-electron chi connectivity index (χ1n) is 7.82. The van der Waals surface area contributed by atoms with Crippen LogP contribution >= 0.6 is 11.3 Å². The normalized spacial score (nSPS) is 11.7. The highest BCUT2D eigenvalue weighted by Gasteiger charge is 2.34. The molecule has 0 fully saturated rings. The van der Waals surface area contributed by atoms with Crippen LogP contribution in [0.3, 0.4) is 0 Å². The number of nitrogens with zero attached hydrogens (tertiary/aromatic N) is 1. The highest BCUT2D eigenvalue weighted by Crippen LogP contribution is 2.40. The van der Waals surface area contributed by atoms with Crippen molar-refractivity contribution in [2.24, 2.45) is 0 Å². The summed E-state index contributed by atoms with van der Waals surface area (Å²) in [7, 11) is 1.24. The van der Waals surface area contributed by atoms with E-state index in [0.717, 1.165) is 22.9 Å². The quantitative estimate of drug-likeness (QED) is 0.456. The summed E-state index contributed by atoms with van der Waals surface area (Å²) < 4.78 is 64.4. The van der Waals surface area contributed by atoms with E-state index in [1.54, 1.807) is 0 Å². The molecule has 0 N–H and O–H groups in total. The molecule has 0 aliphatic heterocycles. The number of methoxy groups -OCH3 is 1. The maximum absolute atomic E-state index is 14.8. The fourth-order valence-electron chi connectivity index (χ4n) is 2.83. The van der Waals surface area contributed by atoms with Gasteiger partial charge in [-0.05, 0) is 25.1 Å². The van der Waals surface area contributed by atoms with Crippen LogP contribution in [0.15, 0.2) is 23.6 Å². The largest absolute Gasteiger partial charge is 0.494 e. The zero-order chi connectivity index (χ0) is 20.8. The average molecular weight is 415 g/mol. The molecule has 28 heavy (non-hydrogen) atoms. The number of hydrogen-bond acceptors (Lipinski definition) is 5.